The molecule has 2 aromatic rings. The van der Waals surface area contributed by atoms with E-state index in [4.69, 9.17) is 33.0 Å². The molecule has 1 N–H and O–H groups in total. The van der Waals surface area contributed by atoms with Gasteiger partial charge >= 0.3 is 0 Å². The van der Waals surface area contributed by atoms with Crippen LogP contribution in [0.2, 0.25) is 10.0 Å². The van der Waals surface area contributed by atoms with Crippen LogP contribution in [0.1, 0.15) is 5.56 Å². The first-order valence-corrected chi connectivity index (χ1v) is 5.62. The predicted octanol–water partition coefficient (Wildman–Crippen LogP) is 3.67. The van der Waals surface area contributed by atoms with Crippen molar-refractivity contribution in [2.24, 2.45) is 0 Å². The Morgan fingerprint density at radius 3 is 2.53 bits per heavy atom. The molecule has 0 aliphatic rings. The van der Waals surface area contributed by atoms with E-state index in [9.17, 15) is 0 Å². The molecule has 1 aromatic carbocycles. The zero-order chi connectivity index (χ0) is 12.3. The van der Waals surface area contributed by atoms with Gasteiger partial charge in [0.15, 0.2) is 0 Å². The summed E-state index contributed by atoms with van der Waals surface area (Å²) < 4.78 is 5.59. The highest BCUT2D eigenvalue weighted by Gasteiger charge is 2.05. The summed E-state index contributed by atoms with van der Waals surface area (Å²) in [6, 6.07) is 6.58. The molecule has 0 spiro atoms. The van der Waals surface area contributed by atoms with Crippen LogP contribution >= 0.6 is 23.2 Å². The fourth-order valence-corrected chi connectivity index (χ4v) is 1.85. The molecule has 0 aliphatic carbocycles. The van der Waals surface area contributed by atoms with Gasteiger partial charge in [0.25, 0.3) is 0 Å². The second-order valence-corrected chi connectivity index (χ2v) is 4.22. The van der Waals surface area contributed by atoms with Crippen molar-refractivity contribution in [3.63, 3.8) is 0 Å². The predicted molar refractivity (Wildman–Crippen MR) is 66.7 cm³/mol. The zero-order valence-corrected chi connectivity index (χ0v) is 10.2. The van der Waals surface area contributed by atoms with Crippen molar-refractivity contribution in [3.8, 4) is 11.5 Å². The Labute approximate surface area is 109 Å². The van der Waals surface area contributed by atoms with Gasteiger partial charge in [-0.2, -0.15) is 0 Å². The van der Waals surface area contributed by atoms with E-state index < -0.39 is 0 Å². The van der Waals surface area contributed by atoms with Gasteiger partial charge in [-0.25, -0.2) is 0 Å². The summed E-state index contributed by atoms with van der Waals surface area (Å²) >= 11 is 11.7. The molecule has 0 radical (unpaired) electrons. The summed E-state index contributed by atoms with van der Waals surface area (Å²) in [5.74, 6) is 1.05. The first-order valence-electron chi connectivity index (χ1n) is 4.87. The molecule has 17 heavy (non-hydrogen) atoms. The average Bonchev–Trinajstić information content (AvgIpc) is 2.28. The van der Waals surface area contributed by atoms with Crippen LogP contribution in [0.4, 0.5) is 0 Å². The topological polar surface area (TPSA) is 42.4 Å². The number of aliphatic hydroxyl groups excluding tert-OH is 1. The van der Waals surface area contributed by atoms with Gasteiger partial charge in [0, 0.05) is 28.0 Å². The Hall–Kier alpha value is -1.29. The number of hydrogen-bond acceptors (Lipinski definition) is 3. The Morgan fingerprint density at radius 1 is 1.18 bits per heavy atom. The van der Waals surface area contributed by atoms with E-state index in [-0.39, 0.29) is 6.61 Å². The number of aromatic nitrogens is 1. The normalized spacial score (nSPS) is 10.3. The number of halogens is 2. The quantitative estimate of drug-likeness (QED) is 0.925. The van der Waals surface area contributed by atoms with E-state index in [0.29, 0.717) is 27.1 Å². The first kappa shape index (κ1) is 12.2. The Kier molecular flexibility index (Phi) is 3.84. The van der Waals surface area contributed by atoms with Crippen LogP contribution in [0.15, 0.2) is 36.7 Å². The number of pyridine rings is 1. The molecule has 0 amide bonds. The Bertz CT molecular complexity index is 511. The summed E-state index contributed by atoms with van der Waals surface area (Å²) in [6.45, 7) is -0.141. The molecular weight excluding hydrogens is 261 g/mol. The summed E-state index contributed by atoms with van der Waals surface area (Å²) in [4.78, 5) is 3.90. The maximum absolute atomic E-state index is 9.13. The van der Waals surface area contributed by atoms with Crippen LogP contribution in [0.3, 0.4) is 0 Å². The van der Waals surface area contributed by atoms with Crippen molar-refractivity contribution >= 4 is 23.2 Å². The second kappa shape index (κ2) is 5.36. The van der Waals surface area contributed by atoms with E-state index in [2.05, 4.69) is 4.98 Å². The third-order valence-corrected chi connectivity index (χ3v) is 2.53. The fourth-order valence-electron chi connectivity index (χ4n) is 1.35. The van der Waals surface area contributed by atoms with Gasteiger partial charge in [0.1, 0.15) is 11.5 Å². The molecule has 88 valence electrons. The van der Waals surface area contributed by atoms with Crippen LogP contribution in [0.25, 0.3) is 0 Å². The van der Waals surface area contributed by atoms with E-state index in [0.717, 1.165) is 0 Å². The minimum atomic E-state index is -0.141. The SMILES string of the molecule is OCc1cnccc1Oc1cc(Cl)cc(Cl)c1. The number of benzene rings is 1. The molecule has 0 bridgehead atoms. The summed E-state index contributed by atoms with van der Waals surface area (Å²) in [5.41, 5.74) is 0.601. The molecule has 0 saturated heterocycles. The van der Waals surface area contributed by atoms with Gasteiger partial charge in [-0.05, 0) is 24.3 Å². The fraction of sp³-hybridized carbons (Fsp3) is 0.0833. The van der Waals surface area contributed by atoms with Crippen molar-refractivity contribution in [1.29, 1.82) is 0 Å². The lowest BCUT2D eigenvalue weighted by Gasteiger charge is -2.09. The van der Waals surface area contributed by atoms with Gasteiger partial charge in [-0.3, -0.25) is 4.98 Å². The van der Waals surface area contributed by atoms with Crippen LogP contribution in [0, 0.1) is 0 Å². The average molecular weight is 270 g/mol. The first-order chi connectivity index (χ1) is 8.19. The largest absolute Gasteiger partial charge is 0.457 e. The Morgan fingerprint density at radius 2 is 1.88 bits per heavy atom. The molecule has 3 nitrogen and oxygen atoms in total. The lowest BCUT2D eigenvalue weighted by molar-refractivity contribution is 0.276. The monoisotopic (exact) mass is 269 g/mol. The van der Waals surface area contributed by atoms with Gasteiger partial charge in [-0.1, -0.05) is 23.2 Å². The van der Waals surface area contributed by atoms with Gasteiger partial charge in [0.2, 0.25) is 0 Å². The van der Waals surface area contributed by atoms with Crippen molar-refractivity contribution in [2.45, 2.75) is 6.61 Å². The van der Waals surface area contributed by atoms with E-state index in [1.54, 1.807) is 36.7 Å². The van der Waals surface area contributed by atoms with E-state index in [1.165, 1.54) is 0 Å². The molecule has 0 saturated carbocycles. The molecule has 0 fully saturated rings. The van der Waals surface area contributed by atoms with Gasteiger partial charge in [-0.15, -0.1) is 0 Å². The van der Waals surface area contributed by atoms with Gasteiger partial charge < -0.3 is 9.84 Å². The minimum Gasteiger partial charge on any atom is -0.457 e. The van der Waals surface area contributed by atoms with Crippen LogP contribution < -0.4 is 4.74 Å². The maximum atomic E-state index is 9.13. The number of hydrogen-bond donors (Lipinski definition) is 1. The highest BCUT2D eigenvalue weighted by Crippen LogP contribution is 2.29. The number of ether oxygens (including phenoxy) is 1. The Balaban J connectivity index is 2.31. The van der Waals surface area contributed by atoms with Crippen molar-refractivity contribution in [3.05, 3.63) is 52.3 Å². The molecule has 0 unspecified atom stereocenters. The zero-order valence-electron chi connectivity index (χ0n) is 8.73. The molecule has 1 aromatic heterocycles. The van der Waals surface area contributed by atoms with Crippen LogP contribution in [-0.4, -0.2) is 10.1 Å². The lowest BCUT2D eigenvalue weighted by atomic mass is 10.2. The summed E-state index contributed by atoms with van der Waals surface area (Å²) in [6.07, 6.45) is 3.13. The highest BCUT2D eigenvalue weighted by atomic mass is 35.5. The minimum absolute atomic E-state index is 0.141. The van der Waals surface area contributed by atoms with E-state index in [1.807, 2.05) is 0 Å². The second-order valence-electron chi connectivity index (χ2n) is 3.35. The van der Waals surface area contributed by atoms with Crippen LogP contribution in [-0.2, 0) is 6.61 Å². The highest BCUT2D eigenvalue weighted by molar-refractivity contribution is 6.34. The molecule has 5 heteroatoms. The molecule has 0 atom stereocenters. The molecular formula is C12H9Cl2NO2. The number of rotatable bonds is 3. The third kappa shape index (κ3) is 3.09. The molecule has 1 heterocycles. The molecule has 0 aliphatic heterocycles. The van der Waals surface area contributed by atoms with Crippen molar-refractivity contribution in [1.82, 2.24) is 4.98 Å². The summed E-state index contributed by atoms with van der Waals surface area (Å²) in [5, 5.41) is 10.1. The maximum Gasteiger partial charge on any atom is 0.136 e. The third-order valence-electron chi connectivity index (χ3n) is 2.09. The lowest BCUT2D eigenvalue weighted by Crippen LogP contribution is -1.92. The summed E-state index contributed by atoms with van der Waals surface area (Å²) in [7, 11) is 0. The van der Waals surface area contributed by atoms with Crippen molar-refractivity contribution < 1.29 is 9.84 Å². The number of nitrogens with zero attached hydrogens (tertiary/aromatic N) is 1. The van der Waals surface area contributed by atoms with E-state index >= 15 is 0 Å². The van der Waals surface area contributed by atoms with Crippen LogP contribution in [0.5, 0.6) is 11.5 Å². The van der Waals surface area contributed by atoms with Gasteiger partial charge in [0.05, 0.1) is 6.61 Å². The smallest absolute Gasteiger partial charge is 0.136 e. The van der Waals surface area contributed by atoms with Crippen molar-refractivity contribution in [2.75, 3.05) is 0 Å². The number of aliphatic hydroxyl groups is 1. The standard InChI is InChI=1S/C12H9Cl2NO2/c13-9-3-10(14)5-11(4-9)17-12-1-2-15-6-8(12)7-16/h1-6,16H,7H2. The molecule has 2 rings (SSSR count).